The fourth-order valence-electron chi connectivity index (χ4n) is 3.61. The van der Waals surface area contributed by atoms with E-state index in [1.165, 1.54) is 48.9 Å². The maximum atomic E-state index is 2.41. The molecule has 0 radical (unpaired) electrons. The van der Waals surface area contributed by atoms with E-state index in [1.807, 2.05) is 11.8 Å². The number of thioether (sulfide) groups is 1. The maximum absolute atomic E-state index is 2.41. The third-order valence-electron chi connectivity index (χ3n) is 5.29. The van der Waals surface area contributed by atoms with Crippen LogP contribution in [0.25, 0.3) is 17.0 Å². The minimum atomic E-state index is 0. The molecule has 1 aliphatic rings. The van der Waals surface area contributed by atoms with Crippen LogP contribution in [0.3, 0.4) is 0 Å². The molecule has 1 aromatic heterocycles. The second kappa shape index (κ2) is 7.84. The third-order valence-corrected chi connectivity index (χ3v) is 6.44. The van der Waals surface area contributed by atoms with Crippen LogP contribution in [0.5, 0.6) is 0 Å². The highest BCUT2D eigenvalue weighted by molar-refractivity contribution is 8.03. The summed E-state index contributed by atoms with van der Waals surface area (Å²) in [5.41, 5.74) is 7.86. The zero-order chi connectivity index (χ0) is 18.4. The van der Waals surface area contributed by atoms with Crippen molar-refractivity contribution in [1.29, 1.82) is 0 Å². The summed E-state index contributed by atoms with van der Waals surface area (Å²) in [5, 5.41) is 2.58. The molecule has 0 atom stereocenters. The molecule has 3 aromatic rings. The van der Waals surface area contributed by atoms with Gasteiger partial charge in [-0.15, -0.1) is 0 Å². The van der Waals surface area contributed by atoms with E-state index in [0.717, 1.165) is 6.54 Å². The van der Waals surface area contributed by atoms with Crippen molar-refractivity contribution < 1.29 is 28.5 Å². The molecule has 4 heteroatoms. The molecule has 0 spiro atoms. The maximum Gasteiger partial charge on any atom is 0.213 e. The number of aryl methyl sites for hydroxylation is 4. The predicted molar refractivity (Wildman–Crippen MR) is 113 cm³/mol. The number of pyridine rings is 1. The molecular formula is C23H25IN2S. The van der Waals surface area contributed by atoms with E-state index in [0.29, 0.717) is 0 Å². The molecule has 0 amide bonds. The molecule has 2 nitrogen and oxygen atoms in total. The molecule has 0 unspecified atom stereocenters. The third kappa shape index (κ3) is 3.61. The Hall–Kier alpha value is -1.53. The van der Waals surface area contributed by atoms with Gasteiger partial charge in [-0.1, -0.05) is 17.8 Å². The van der Waals surface area contributed by atoms with Gasteiger partial charge in [-0.3, -0.25) is 0 Å². The van der Waals surface area contributed by atoms with Crippen LogP contribution in [0.4, 0.5) is 5.69 Å². The van der Waals surface area contributed by atoms with Gasteiger partial charge in [-0.2, -0.15) is 4.57 Å². The van der Waals surface area contributed by atoms with Crippen molar-refractivity contribution in [1.82, 2.24) is 0 Å². The van der Waals surface area contributed by atoms with E-state index in [9.17, 15) is 0 Å². The summed E-state index contributed by atoms with van der Waals surface area (Å²) in [6, 6.07) is 15.8. The van der Waals surface area contributed by atoms with Crippen LogP contribution in [0, 0.1) is 20.8 Å². The van der Waals surface area contributed by atoms with Gasteiger partial charge in [0, 0.05) is 35.5 Å². The molecule has 0 bridgehead atoms. The molecule has 2 aromatic carbocycles. The SMILES string of the molecule is CC[n+]1c(/C=C2\Sc3cc(C)ccc3N2C)ccc2cc(C)c(C)cc21.[I-]. The lowest BCUT2D eigenvalue weighted by Crippen LogP contribution is -3.00. The highest BCUT2D eigenvalue weighted by Gasteiger charge is 2.24. The van der Waals surface area contributed by atoms with E-state index in [1.54, 1.807) is 0 Å². The minimum Gasteiger partial charge on any atom is -1.00 e. The summed E-state index contributed by atoms with van der Waals surface area (Å²) in [6.07, 6.45) is 2.32. The Morgan fingerprint density at radius 2 is 1.74 bits per heavy atom. The largest absolute Gasteiger partial charge is 1.00 e. The number of aromatic nitrogens is 1. The van der Waals surface area contributed by atoms with E-state index < -0.39 is 0 Å². The summed E-state index contributed by atoms with van der Waals surface area (Å²) in [6.45, 7) is 9.71. The Balaban J connectivity index is 0.00000210. The molecular weight excluding hydrogens is 463 g/mol. The van der Waals surface area contributed by atoms with Gasteiger partial charge in [-0.25, -0.2) is 0 Å². The van der Waals surface area contributed by atoms with E-state index in [2.05, 4.69) is 92.8 Å². The highest BCUT2D eigenvalue weighted by Crippen LogP contribution is 2.45. The number of anilines is 1. The van der Waals surface area contributed by atoms with Crippen molar-refractivity contribution in [3.05, 3.63) is 69.9 Å². The Bertz CT molecular complexity index is 1060. The molecule has 4 rings (SSSR count). The zero-order valence-electron chi connectivity index (χ0n) is 16.5. The average Bonchev–Trinajstić information content (AvgIpc) is 2.91. The second-order valence-corrected chi connectivity index (χ2v) is 8.17. The smallest absolute Gasteiger partial charge is 0.213 e. The van der Waals surface area contributed by atoms with E-state index in [-0.39, 0.29) is 24.0 Å². The predicted octanol–water partition coefficient (Wildman–Crippen LogP) is 2.62. The van der Waals surface area contributed by atoms with Crippen LogP contribution in [0.2, 0.25) is 0 Å². The first kappa shape index (κ1) is 20.2. The standard InChI is InChI=1S/C23H25N2S.HI/c1-6-25-19(9-8-18-12-16(3)17(4)13-21(18)25)14-23-24(5)20-10-7-15(2)11-22(20)26-23;/h7-14H,6H2,1-5H3;1H/q+1;/p-1. The van der Waals surface area contributed by atoms with E-state index >= 15 is 0 Å². The fourth-order valence-corrected chi connectivity index (χ4v) is 4.80. The molecule has 27 heavy (non-hydrogen) atoms. The molecule has 0 fully saturated rings. The van der Waals surface area contributed by atoms with Gasteiger partial charge in [0.05, 0.1) is 10.7 Å². The molecule has 1 aliphatic heterocycles. The Morgan fingerprint density at radius 1 is 1.00 bits per heavy atom. The van der Waals surface area contributed by atoms with Gasteiger partial charge in [0.15, 0.2) is 0 Å². The molecule has 140 valence electrons. The topological polar surface area (TPSA) is 7.12 Å². The van der Waals surface area contributed by atoms with Crippen LogP contribution < -0.4 is 33.4 Å². The minimum absolute atomic E-state index is 0. The van der Waals surface area contributed by atoms with Crippen molar-refractivity contribution >= 4 is 34.4 Å². The average molecular weight is 488 g/mol. The lowest BCUT2D eigenvalue weighted by atomic mass is 10.1. The van der Waals surface area contributed by atoms with Gasteiger partial charge in [-0.05, 0) is 68.7 Å². The zero-order valence-corrected chi connectivity index (χ0v) is 19.5. The first-order valence-corrected chi connectivity index (χ1v) is 9.97. The van der Waals surface area contributed by atoms with Crippen molar-refractivity contribution in [3.8, 4) is 0 Å². The van der Waals surface area contributed by atoms with Gasteiger partial charge in [0.1, 0.15) is 6.54 Å². The summed E-state index contributed by atoms with van der Waals surface area (Å²) < 4.78 is 2.41. The number of hydrogen-bond acceptors (Lipinski definition) is 2. The number of nitrogens with zero attached hydrogens (tertiary/aromatic N) is 2. The van der Waals surface area contributed by atoms with Gasteiger partial charge < -0.3 is 28.9 Å². The number of rotatable bonds is 2. The van der Waals surface area contributed by atoms with E-state index in [4.69, 9.17) is 0 Å². The van der Waals surface area contributed by atoms with Gasteiger partial charge in [0.25, 0.3) is 0 Å². The number of halogens is 1. The number of fused-ring (bicyclic) bond motifs is 2. The molecule has 2 heterocycles. The highest BCUT2D eigenvalue weighted by atomic mass is 127. The molecule has 0 N–H and O–H groups in total. The lowest BCUT2D eigenvalue weighted by molar-refractivity contribution is -0.669. The summed E-state index contributed by atoms with van der Waals surface area (Å²) in [7, 11) is 2.16. The van der Waals surface area contributed by atoms with Crippen molar-refractivity contribution in [3.63, 3.8) is 0 Å². The van der Waals surface area contributed by atoms with Gasteiger partial charge in [0.2, 0.25) is 11.2 Å². The number of hydrogen-bond donors (Lipinski definition) is 0. The van der Waals surface area contributed by atoms with Crippen LogP contribution in [0.1, 0.15) is 29.3 Å². The summed E-state index contributed by atoms with van der Waals surface area (Å²) in [5.74, 6) is 0. The first-order chi connectivity index (χ1) is 12.5. The first-order valence-electron chi connectivity index (χ1n) is 9.15. The Labute approximate surface area is 183 Å². The molecule has 0 saturated heterocycles. The van der Waals surface area contributed by atoms with Crippen molar-refractivity contribution in [2.75, 3.05) is 11.9 Å². The normalized spacial score (nSPS) is 14.6. The van der Waals surface area contributed by atoms with Crippen LogP contribution in [-0.4, -0.2) is 7.05 Å². The van der Waals surface area contributed by atoms with Crippen molar-refractivity contribution in [2.24, 2.45) is 0 Å². The quantitative estimate of drug-likeness (QED) is 0.405. The summed E-state index contributed by atoms with van der Waals surface area (Å²) >= 11 is 1.86. The monoisotopic (exact) mass is 488 g/mol. The number of benzene rings is 2. The van der Waals surface area contributed by atoms with Crippen LogP contribution in [0.15, 0.2) is 52.4 Å². The molecule has 0 aliphatic carbocycles. The van der Waals surface area contributed by atoms with Gasteiger partial charge >= 0.3 is 0 Å². The molecule has 0 saturated carbocycles. The van der Waals surface area contributed by atoms with Crippen molar-refractivity contribution in [2.45, 2.75) is 39.1 Å². The lowest BCUT2D eigenvalue weighted by Gasteiger charge is -2.13. The Kier molecular flexibility index (Phi) is 5.87. The fraction of sp³-hybridized carbons (Fsp3) is 0.261. The Morgan fingerprint density at radius 3 is 2.48 bits per heavy atom. The summed E-state index contributed by atoms with van der Waals surface area (Å²) in [4.78, 5) is 3.64. The second-order valence-electron chi connectivity index (χ2n) is 7.11. The van der Waals surface area contributed by atoms with Crippen LogP contribution >= 0.6 is 11.8 Å². The van der Waals surface area contributed by atoms with Crippen LogP contribution in [-0.2, 0) is 6.54 Å².